The fourth-order valence-corrected chi connectivity index (χ4v) is 0.864. The Bertz CT molecular complexity index is 187. The Morgan fingerprint density at radius 3 is 2.42 bits per heavy atom. The van der Waals surface area contributed by atoms with Crippen LogP contribution >= 0.6 is 0 Å². The minimum absolute atomic E-state index is 0.963. The standard InChI is InChI=1S/C8H9N.C3H8/c1-3-7-5-4-6-8(7)9-2;1-3-2/h3,5-6H,1-2,4H2;3H2,1-2H3. The van der Waals surface area contributed by atoms with Crippen molar-refractivity contribution < 1.29 is 0 Å². The molecule has 1 rings (SSSR count). The number of nitrogens with zero attached hydrogens (tertiary/aromatic N) is 1. The average molecular weight is 163 g/mol. The minimum atomic E-state index is 0.963. The molecule has 0 aromatic rings. The van der Waals surface area contributed by atoms with Crippen molar-refractivity contribution in [3.05, 3.63) is 36.1 Å². The summed E-state index contributed by atoms with van der Waals surface area (Å²) in [5.74, 6) is 0. The highest BCUT2D eigenvalue weighted by Gasteiger charge is 2.01. The van der Waals surface area contributed by atoms with E-state index in [1.165, 1.54) is 6.42 Å². The van der Waals surface area contributed by atoms with Gasteiger partial charge in [0, 0.05) is 0 Å². The molecule has 0 saturated carbocycles. The van der Waals surface area contributed by atoms with Crippen molar-refractivity contribution in [3.8, 4) is 0 Å². The highest BCUT2D eigenvalue weighted by Crippen LogP contribution is 2.19. The van der Waals surface area contributed by atoms with Gasteiger partial charge in [0.25, 0.3) is 0 Å². The van der Waals surface area contributed by atoms with E-state index in [4.69, 9.17) is 0 Å². The van der Waals surface area contributed by atoms with Gasteiger partial charge in [0.2, 0.25) is 0 Å². The van der Waals surface area contributed by atoms with Crippen LogP contribution in [-0.2, 0) is 0 Å². The second-order valence-corrected chi connectivity index (χ2v) is 2.55. The Morgan fingerprint density at radius 2 is 2.08 bits per heavy atom. The van der Waals surface area contributed by atoms with Gasteiger partial charge >= 0.3 is 0 Å². The van der Waals surface area contributed by atoms with Crippen LogP contribution in [0.25, 0.3) is 0 Å². The maximum Gasteiger partial charge on any atom is 0.0654 e. The lowest BCUT2D eigenvalue weighted by atomic mass is 10.2. The summed E-state index contributed by atoms with van der Waals surface area (Å²) in [5.41, 5.74) is 2.06. The van der Waals surface area contributed by atoms with E-state index in [-0.39, 0.29) is 0 Å². The van der Waals surface area contributed by atoms with Crippen LogP contribution in [-0.4, -0.2) is 6.72 Å². The molecule has 1 heteroatoms. The van der Waals surface area contributed by atoms with Crippen LogP contribution in [0.5, 0.6) is 0 Å². The van der Waals surface area contributed by atoms with Crippen molar-refractivity contribution in [3.63, 3.8) is 0 Å². The summed E-state index contributed by atoms with van der Waals surface area (Å²) in [6, 6.07) is 0. The van der Waals surface area contributed by atoms with E-state index in [1.54, 1.807) is 6.08 Å². The second-order valence-electron chi connectivity index (χ2n) is 2.55. The van der Waals surface area contributed by atoms with Crippen LogP contribution in [0.3, 0.4) is 0 Å². The van der Waals surface area contributed by atoms with Crippen molar-refractivity contribution in [2.45, 2.75) is 26.7 Å². The lowest BCUT2D eigenvalue weighted by molar-refractivity contribution is 1.09. The summed E-state index contributed by atoms with van der Waals surface area (Å²) in [5, 5.41) is 0. The zero-order valence-corrected chi connectivity index (χ0v) is 8.01. The molecule has 0 saturated heterocycles. The van der Waals surface area contributed by atoms with Crippen molar-refractivity contribution in [2.24, 2.45) is 4.99 Å². The van der Waals surface area contributed by atoms with Crippen molar-refractivity contribution >= 4 is 6.72 Å². The number of hydrogen-bond donors (Lipinski definition) is 0. The molecule has 0 amide bonds. The molecule has 0 spiro atoms. The summed E-state index contributed by atoms with van der Waals surface area (Å²) in [7, 11) is 0. The zero-order chi connectivity index (χ0) is 9.40. The fraction of sp³-hybridized carbons (Fsp3) is 0.364. The fourth-order valence-electron chi connectivity index (χ4n) is 0.864. The van der Waals surface area contributed by atoms with E-state index in [0.29, 0.717) is 0 Å². The van der Waals surface area contributed by atoms with Gasteiger partial charge in [-0.3, -0.25) is 4.99 Å². The first-order chi connectivity index (χ1) is 5.79. The molecule has 0 unspecified atom stereocenters. The van der Waals surface area contributed by atoms with Crippen LogP contribution in [0.15, 0.2) is 41.1 Å². The maximum absolute atomic E-state index is 3.81. The van der Waals surface area contributed by atoms with Gasteiger partial charge in [-0.05, 0) is 18.7 Å². The van der Waals surface area contributed by atoms with E-state index in [9.17, 15) is 0 Å². The summed E-state index contributed by atoms with van der Waals surface area (Å²) in [6.45, 7) is 11.3. The van der Waals surface area contributed by atoms with Gasteiger partial charge in [0.15, 0.2) is 0 Å². The Kier molecular flexibility index (Phi) is 5.98. The SMILES string of the molecule is C=CC1=CCC=C1N=C.CCC. The molecule has 0 N–H and O–H groups in total. The highest BCUT2D eigenvalue weighted by atomic mass is 14.7. The van der Waals surface area contributed by atoms with Gasteiger partial charge in [-0.1, -0.05) is 45.1 Å². The molecule has 0 bridgehead atoms. The quantitative estimate of drug-likeness (QED) is 0.552. The topological polar surface area (TPSA) is 12.4 Å². The van der Waals surface area contributed by atoms with Gasteiger partial charge < -0.3 is 0 Å². The van der Waals surface area contributed by atoms with E-state index in [0.717, 1.165) is 17.7 Å². The largest absolute Gasteiger partial charge is 0.264 e. The second kappa shape index (κ2) is 6.59. The molecule has 1 nitrogen and oxygen atoms in total. The molecule has 1 aliphatic carbocycles. The predicted molar refractivity (Wildman–Crippen MR) is 56.5 cm³/mol. The molecule has 66 valence electrons. The van der Waals surface area contributed by atoms with E-state index in [1.807, 2.05) is 6.08 Å². The van der Waals surface area contributed by atoms with Gasteiger partial charge in [-0.15, -0.1) is 0 Å². The van der Waals surface area contributed by atoms with Crippen LogP contribution < -0.4 is 0 Å². The molecule has 0 aromatic carbocycles. The van der Waals surface area contributed by atoms with Crippen LogP contribution in [0, 0.1) is 0 Å². The lowest BCUT2D eigenvalue weighted by Gasteiger charge is -1.91. The molecule has 0 atom stereocenters. The molecule has 1 aliphatic rings. The average Bonchev–Trinajstić information content (AvgIpc) is 2.52. The van der Waals surface area contributed by atoms with E-state index >= 15 is 0 Å². The predicted octanol–water partition coefficient (Wildman–Crippen LogP) is 3.50. The summed E-state index contributed by atoms with van der Waals surface area (Å²) in [4.78, 5) is 3.81. The van der Waals surface area contributed by atoms with Gasteiger partial charge in [-0.2, -0.15) is 0 Å². The number of allylic oxidation sites excluding steroid dienone is 3. The van der Waals surface area contributed by atoms with Crippen LogP contribution in [0.4, 0.5) is 0 Å². The van der Waals surface area contributed by atoms with Crippen LogP contribution in [0.1, 0.15) is 26.7 Å². The lowest BCUT2D eigenvalue weighted by Crippen LogP contribution is -1.73. The third kappa shape index (κ3) is 3.33. The minimum Gasteiger partial charge on any atom is -0.264 e. The van der Waals surface area contributed by atoms with Crippen LogP contribution in [0.2, 0.25) is 0 Å². The number of aliphatic imine (C=N–C) groups is 1. The van der Waals surface area contributed by atoms with Gasteiger partial charge in [-0.25, -0.2) is 0 Å². The van der Waals surface area contributed by atoms with E-state index in [2.05, 4.69) is 38.2 Å². The summed E-state index contributed by atoms with van der Waals surface area (Å²) < 4.78 is 0. The first-order valence-electron chi connectivity index (χ1n) is 4.29. The smallest absolute Gasteiger partial charge is 0.0654 e. The molecule has 0 fully saturated rings. The maximum atomic E-state index is 3.81. The van der Waals surface area contributed by atoms with Crippen molar-refractivity contribution in [2.75, 3.05) is 0 Å². The molecule has 0 radical (unpaired) electrons. The van der Waals surface area contributed by atoms with Crippen molar-refractivity contribution in [1.82, 2.24) is 0 Å². The Labute approximate surface area is 75.2 Å². The number of hydrogen-bond acceptors (Lipinski definition) is 1. The normalized spacial score (nSPS) is 13.8. The number of rotatable bonds is 2. The summed E-state index contributed by atoms with van der Waals surface area (Å²) in [6.07, 6.45) is 8.13. The molecule has 0 aromatic heterocycles. The molecular formula is C11H17N. The third-order valence-electron chi connectivity index (χ3n) is 1.33. The first kappa shape index (κ1) is 10.9. The molecule has 0 aliphatic heterocycles. The Morgan fingerprint density at radius 1 is 1.50 bits per heavy atom. The van der Waals surface area contributed by atoms with Gasteiger partial charge in [0.1, 0.15) is 0 Å². The van der Waals surface area contributed by atoms with Gasteiger partial charge in [0.05, 0.1) is 5.70 Å². The third-order valence-corrected chi connectivity index (χ3v) is 1.33. The highest BCUT2D eigenvalue weighted by molar-refractivity contribution is 5.47. The Hall–Kier alpha value is -1.11. The van der Waals surface area contributed by atoms with Crippen molar-refractivity contribution in [1.29, 1.82) is 0 Å². The van der Waals surface area contributed by atoms with E-state index < -0.39 is 0 Å². The molecular weight excluding hydrogens is 146 g/mol. The molecule has 12 heavy (non-hydrogen) atoms. The zero-order valence-electron chi connectivity index (χ0n) is 8.01. The monoisotopic (exact) mass is 163 g/mol. The Balaban J connectivity index is 0.000000354. The summed E-state index contributed by atoms with van der Waals surface area (Å²) >= 11 is 0. The first-order valence-corrected chi connectivity index (χ1v) is 4.29. The molecule has 0 heterocycles.